The molecule has 1 heterocycles. The van der Waals surface area contributed by atoms with Gasteiger partial charge in [-0.25, -0.2) is 9.18 Å². The van der Waals surface area contributed by atoms with E-state index in [0.717, 1.165) is 26.1 Å². The van der Waals surface area contributed by atoms with Crippen molar-refractivity contribution in [3.8, 4) is 0 Å². The van der Waals surface area contributed by atoms with Crippen molar-refractivity contribution in [1.82, 2.24) is 0 Å². The molecule has 2 rings (SSSR count). The van der Waals surface area contributed by atoms with Crippen LogP contribution in [-0.2, 0) is 4.74 Å². The number of benzene rings is 1. The number of halogens is 1. The number of nitrogens with zero attached hydrogens (tertiary/aromatic N) is 1. The van der Waals surface area contributed by atoms with Crippen LogP contribution < -0.4 is 10.6 Å². The van der Waals surface area contributed by atoms with E-state index in [-0.39, 0.29) is 11.3 Å². The Hall–Kier alpha value is -1.82. The molecule has 20 heavy (non-hydrogen) atoms. The molecular formula is C14H19FN2O3. The van der Waals surface area contributed by atoms with E-state index < -0.39 is 11.8 Å². The van der Waals surface area contributed by atoms with E-state index in [1.165, 1.54) is 12.1 Å². The van der Waals surface area contributed by atoms with Crippen LogP contribution in [0.2, 0.25) is 0 Å². The van der Waals surface area contributed by atoms with Crippen LogP contribution >= 0.6 is 0 Å². The zero-order valence-corrected chi connectivity index (χ0v) is 11.4. The Kier molecular flexibility index (Phi) is 4.44. The molecule has 3 N–H and O–H groups in total. The van der Waals surface area contributed by atoms with Crippen molar-refractivity contribution in [3.63, 3.8) is 0 Å². The van der Waals surface area contributed by atoms with E-state index in [4.69, 9.17) is 10.5 Å². The number of aromatic carboxylic acids is 1. The number of carboxylic acid groups (broad SMARTS) is 1. The summed E-state index contributed by atoms with van der Waals surface area (Å²) in [6.45, 7) is 2.17. The summed E-state index contributed by atoms with van der Waals surface area (Å²) in [5, 5.41) is 9.23. The Labute approximate surface area is 117 Å². The first-order valence-corrected chi connectivity index (χ1v) is 6.61. The highest BCUT2D eigenvalue weighted by atomic mass is 19.1. The second-order valence-electron chi connectivity index (χ2n) is 5.10. The molecule has 0 aromatic heterocycles. The van der Waals surface area contributed by atoms with Crippen LogP contribution in [0.5, 0.6) is 0 Å². The van der Waals surface area contributed by atoms with Gasteiger partial charge in [-0.15, -0.1) is 0 Å². The third kappa shape index (κ3) is 3.01. The van der Waals surface area contributed by atoms with Gasteiger partial charge in [0.2, 0.25) is 0 Å². The number of nitrogen functional groups attached to an aromatic ring is 1. The summed E-state index contributed by atoms with van der Waals surface area (Å²) >= 11 is 0. The molecule has 110 valence electrons. The summed E-state index contributed by atoms with van der Waals surface area (Å²) < 4.78 is 18.7. The van der Waals surface area contributed by atoms with Crippen LogP contribution in [0.4, 0.5) is 15.8 Å². The number of hydrogen-bond donors (Lipinski definition) is 2. The summed E-state index contributed by atoms with van der Waals surface area (Å²) in [5.41, 5.74) is 5.52. The van der Waals surface area contributed by atoms with Gasteiger partial charge in [0.15, 0.2) is 0 Å². The molecule has 1 aliphatic heterocycles. The fourth-order valence-corrected chi connectivity index (χ4v) is 2.54. The molecule has 6 heteroatoms. The van der Waals surface area contributed by atoms with Gasteiger partial charge >= 0.3 is 5.97 Å². The molecule has 0 amide bonds. The highest BCUT2D eigenvalue weighted by Crippen LogP contribution is 2.29. The minimum absolute atomic E-state index is 0.167. The monoisotopic (exact) mass is 282 g/mol. The first kappa shape index (κ1) is 14.6. The first-order valence-electron chi connectivity index (χ1n) is 6.61. The second-order valence-corrected chi connectivity index (χ2v) is 5.10. The fourth-order valence-electron chi connectivity index (χ4n) is 2.54. The smallest absolute Gasteiger partial charge is 0.340 e. The molecular weight excluding hydrogens is 263 g/mol. The maximum Gasteiger partial charge on any atom is 0.340 e. The van der Waals surface area contributed by atoms with Crippen molar-refractivity contribution in [2.45, 2.75) is 12.8 Å². The molecule has 1 aliphatic rings. The molecule has 1 fully saturated rings. The van der Waals surface area contributed by atoms with Gasteiger partial charge in [-0.3, -0.25) is 0 Å². The normalized spacial score (nSPS) is 16.1. The number of ether oxygens (including phenoxy) is 1. The summed E-state index contributed by atoms with van der Waals surface area (Å²) in [5.74, 6) is -1.47. The molecule has 0 saturated carbocycles. The topological polar surface area (TPSA) is 75.8 Å². The Morgan fingerprint density at radius 1 is 1.50 bits per heavy atom. The molecule has 0 atom stereocenters. The summed E-state index contributed by atoms with van der Waals surface area (Å²) in [4.78, 5) is 13.1. The number of rotatable bonds is 4. The van der Waals surface area contributed by atoms with Crippen LogP contribution in [0, 0.1) is 11.7 Å². The van der Waals surface area contributed by atoms with E-state index in [2.05, 4.69) is 0 Å². The number of anilines is 2. The third-order valence-corrected chi connectivity index (χ3v) is 3.67. The van der Waals surface area contributed by atoms with Gasteiger partial charge in [-0.1, -0.05) is 0 Å². The van der Waals surface area contributed by atoms with Gasteiger partial charge in [-0.2, -0.15) is 0 Å². The highest BCUT2D eigenvalue weighted by molar-refractivity contribution is 6.00. The first-order chi connectivity index (χ1) is 9.50. The van der Waals surface area contributed by atoms with Crippen molar-refractivity contribution in [1.29, 1.82) is 0 Å². The lowest BCUT2D eigenvalue weighted by Gasteiger charge is -2.29. The molecule has 1 saturated heterocycles. The number of carboxylic acids is 1. The Bertz CT molecular complexity index is 501. The molecule has 0 bridgehead atoms. The fraction of sp³-hybridized carbons (Fsp3) is 0.500. The lowest BCUT2D eigenvalue weighted by molar-refractivity contribution is 0.0678. The van der Waals surface area contributed by atoms with E-state index in [1.54, 1.807) is 7.05 Å². The lowest BCUT2D eigenvalue weighted by Crippen LogP contribution is -2.30. The Morgan fingerprint density at radius 3 is 2.75 bits per heavy atom. The maximum atomic E-state index is 13.4. The summed E-state index contributed by atoms with van der Waals surface area (Å²) in [6, 6.07) is 2.67. The van der Waals surface area contributed by atoms with Crippen molar-refractivity contribution in [3.05, 3.63) is 23.5 Å². The molecule has 0 radical (unpaired) electrons. The van der Waals surface area contributed by atoms with Gasteiger partial charge in [0.1, 0.15) is 11.4 Å². The third-order valence-electron chi connectivity index (χ3n) is 3.67. The average Bonchev–Trinajstić information content (AvgIpc) is 2.42. The molecule has 0 unspecified atom stereocenters. The van der Waals surface area contributed by atoms with Gasteiger partial charge in [0.05, 0.1) is 11.4 Å². The van der Waals surface area contributed by atoms with Crippen LogP contribution in [0.3, 0.4) is 0 Å². The number of hydrogen-bond acceptors (Lipinski definition) is 4. The van der Waals surface area contributed by atoms with Crippen molar-refractivity contribution in [2.75, 3.05) is 37.4 Å². The predicted octanol–water partition coefficient (Wildman–Crippen LogP) is 1.97. The quantitative estimate of drug-likeness (QED) is 0.826. The van der Waals surface area contributed by atoms with Gasteiger partial charge in [0.25, 0.3) is 0 Å². The Morgan fingerprint density at radius 2 is 2.15 bits per heavy atom. The van der Waals surface area contributed by atoms with Gasteiger partial charge in [-0.05, 0) is 30.9 Å². The zero-order valence-electron chi connectivity index (χ0n) is 11.4. The van der Waals surface area contributed by atoms with Crippen LogP contribution in [-0.4, -0.2) is 37.9 Å². The summed E-state index contributed by atoms with van der Waals surface area (Å²) in [6.07, 6.45) is 1.90. The largest absolute Gasteiger partial charge is 0.478 e. The van der Waals surface area contributed by atoms with Gasteiger partial charge in [0, 0.05) is 26.8 Å². The summed E-state index contributed by atoms with van der Waals surface area (Å²) in [7, 11) is 1.80. The molecule has 5 nitrogen and oxygen atoms in total. The highest BCUT2D eigenvalue weighted by Gasteiger charge is 2.22. The minimum Gasteiger partial charge on any atom is -0.478 e. The SMILES string of the molecule is CN(CC1CCOCC1)c1ccc(F)c(N)c1C(=O)O. The van der Waals surface area contributed by atoms with E-state index in [0.29, 0.717) is 18.2 Å². The van der Waals surface area contributed by atoms with Gasteiger partial charge < -0.3 is 20.5 Å². The standard InChI is InChI=1S/C14H19FN2O3/c1-17(8-9-4-6-20-7-5-9)11-3-2-10(15)13(16)12(11)14(18)19/h2-3,9H,4-8,16H2,1H3,(H,18,19). The van der Waals surface area contributed by atoms with Crippen molar-refractivity contribution < 1.29 is 19.0 Å². The maximum absolute atomic E-state index is 13.4. The van der Waals surface area contributed by atoms with Crippen LogP contribution in [0.1, 0.15) is 23.2 Å². The number of nitrogens with two attached hydrogens (primary N) is 1. The average molecular weight is 282 g/mol. The molecule has 1 aromatic carbocycles. The van der Waals surface area contributed by atoms with Crippen molar-refractivity contribution >= 4 is 17.3 Å². The molecule has 0 aliphatic carbocycles. The molecule has 1 aromatic rings. The lowest BCUT2D eigenvalue weighted by atomic mass is 9.99. The predicted molar refractivity (Wildman–Crippen MR) is 74.6 cm³/mol. The van der Waals surface area contributed by atoms with Crippen molar-refractivity contribution in [2.24, 2.45) is 5.92 Å². The zero-order chi connectivity index (χ0) is 14.7. The van der Waals surface area contributed by atoms with Crippen LogP contribution in [0.25, 0.3) is 0 Å². The Balaban J connectivity index is 2.22. The molecule has 0 spiro atoms. The van der Waals surface area contributed by atoms with Crippen LogP contribution in [0.15, 0.2) is 12.1 Å². The van der Waals surface area contributed by atoms with E-state index in [9.17, 15) is 14.3 Å². The van der Waals surface area contributed by atoms with E-state index >= 15 is 0 Å². The number of carbonyl (C=O) groups is 1. The van der Waals surface area contributed by atoms with E-state index in [1.807, 2.05) is 4.90 Å². The second kappa shape index (κ2) is 6.09. The minimum atomic E-state index is -1.21.